The van der Waals surface area contributed by atoms with Gasteiger partial charge < -0.3 is 10.6 Å². The number of benzene rings is 1. The van der Waals surface area contributed by atoms with Crippen molar-refractivity contribution in [1.29, 1.82) is 0 Å². The van der Waals surface area contributed by atoms with Crippen molar-refractivity contribution in [3.05, 3.63) is 29.6 Å². The molecule has 1 aromatic carbocycles. The van der Waals surface area contributed by atoms with E-state index in [4.69, 9.17) is 5.73 Å². The molecule has 0 saturated carbocycles. The first kappa shape index (κ1) is 12.4. The Balaban J connectivity index is 2.30. The van der Waals surface area contributed by atoms with Gasteiger partial charge in [-0.25, -0.2) is 4.39 Å². The molecule has 1 saturated heterocycles. The summed E-state index contributed by atoms with van der Waals surface area (Å²) in [6.45, 7) is 6.03. The van der Waals surface area contributed by atoms with E-state index in [1.54, 1.807) is 6.07 Å². The molecule has 2 N–H and O–H groups in total. The smallest absolute Gasteiger partial charge is 0.146 e. The van der Waals surface area contributed by atoms with E-state index in [-0.39, 0.29) is 11.9 Å². The minimum Gasteiger partial charge on any atom is -0.369 e. The Bertz CT molecular complexity index is 382. The third-order valence-electron chi connectivity index (χ3n) is 3.61. The molecule has 1 aliphatic heterocycles. The van der Waals surface area contributed by atoms with E-state index < -0.39 is 0 Å². The van der Waals surface area contributed by atoms with Crippen LogP contribution in [0.1, 0.15) is 38.3 Å². The van der Waals surface area contributed by atoms with Gasteiger partial charge in [-0.1, -0.05) is 19.1 Å². The molecule has 0 amide bonds. The molecule has 0 radical (unpaired) electrons. The van der Waals surface area contributed by atoms with E-state index >= 15 is 0 Å². The summed E-state index contributed by atoms with van der Waals surface area (Å²) >= 11 is 0. The average molecular weight is 236 g/mol. The molecule has 94 valence electrons. The van der Waals surface area contributed by atoms with Gasteiger partial charge in [0.25, 0.3) is 0 Å². The highest BCUT2D eigenvalue weighted by molar-refractivity contribution is 5.56. The first-order valence-corrected chi connectivity index (χ1v) is 6.38. The van der Waals surface area contributed by atoms with E-state index in [1.807, 2.05) is 13.0 Å². The summed E-state index contributed by atoms with van der Waals surface area (Å²) in [7, 11) is 0. The fraction of sp³-hybridized carbons (Fsp3) is 0.571. The van der Waals surface area contributed by atoms with Gasteiger partial charge in [-0.3, -0.25) is 0 Å². The molecule has 1 fully saturated rings. The van der Waals surface area contributed by atoms with Crippen molar-refractivity contribution in [2.45, 2.75) is 32.7 Å². The minimum absolute atomic E-state index is 0.125. The molecule has 2 rings (SSSR count). The number of hydrogen-bond donors (Lipinski definition) is 1. The number of rotatable bonds is 2. The van der Waals surface area contributed by atoms with Crippen LogP contribution < -0.4 is 10.6 Å². The topological polar surface area (TPSA) is 29.3 Å². The Labute approximate surface area is 103 Å². The number of anilines is 1. The van der Waals surface area contributed by atoms with E-state index in [0.29, 0.717) is 0 Å². The van der Waals surface area contributed by atoms with Gasteiger partial charge >= 0.3 is 0 Å². The van der Waals surface area contributed by atoms with Gasteiger partial charge in [0, 0.05) is 19.1 Å². The van der Waals surface area contributed by atoms with Crippen LogP contribution >= 0.6 is 0 Å². The number of piperidine rings is 1. The summed E-state index contributed by atoms with van der Waals surface area (Å²) in [4.78, 5) is 2.15. The molecule has 0 bridgehead atoms. The minimum atomic E-state index is -0.144. The second kappa shape index (κ2) is 5.05. The van der Waals surface area contributed by atoms with Crippen LogP contribution in [-0.4, -0.2) is 13.1 Å². The lowest BCUT2D eigenvalue weighted by Crippen LogP contribution is -2.34. The molecule has 3 heteroatoms. The molecule has 1 unspecified atom stereocenters. The van der Waals surface area contributed by atoms with Crippen LogP contribution in [0.25, 0.3) is 0 Å². The first-order chi connectivity index (χ1) is 8.09. The quantitative estimate of drug-likeness (QED) is 0.855. The number of para-hydroxylation sites is 1. The van der Waals surface area contributed by atoms with Gasteiger partial charge in [0.05, 0.1) is 5.69 Å². The maximum atomic E-state index is 14.0. The maximum Gasteiger partial charge on any atom is 0.146 e. The normalized spacial score (nSPS) is 19.4. The summed E-state index contributed by atoms with van der Waals surface area (Å²) in [5, 5.41) is 0. The van der Waals surface area contributed by atoms with Crippen LogP contribution in [0.3, 0.4) is 0 Å². The molecule has 0 aliphatic carbocycles. The molecule has 1 aliphatic rings. The van der Waals surface area contributed by atoms with Crippen LogP contribution in [0.2, 0.25) is 0 Å². The van der Waals surface area contributed by atoms with Crippen LogP contribution in [-0.2, 0) is 0 Å². The van der Waals surface area contributed by atoms with E-state index in [0.717, 1.165) is 43.1 Å². The van der Waals surface area contributed by atoms with E-state index in [2.05, 4.69) is 11.8 Å². The Hall–Kier alpha value is -1.09. The number of halogens is 1. The zero-order valence-corrected chi connectivity index (χ0v) is 10.6. The third kappa shape index (κ3) is 2.60. The van der Waals surface area contributed by atoms with Crippen LogP contribution in [0.5, 0.6) is 0 Å². The van der Waals surface area contributed by atoms with Crippen LogP contribution in [0.4, 0.5) is 10.1 Å². The van der Waals surface area contributed by atoms with Crippen molar-refractivity contribution in [1.82, 2.24) is 0 Å². The van der Waals surface area contributed by atoms with Crippen molar-refractivity contribution < 1.29 is 4.39 Å². The Morgan fingerprint density at radius 2 is 2.00 bits per heavy atom. The molecular formula is C14H21FN2. The van der Waals surface area contributed by atoms with Gasteiger partial charge in [-0.05, 0) is 37.3 Å². The molecule has 17 heavy (non-hydrogen) atoms. The molecule has 0 aromatic heterocycles. The fourth-order valence-electron chi connectivity index (χ4n) is 2.47. The molecule has 1 atom stereocenters. The monoisotopic (exact) mass is 236 g/mol. The van der Waals surface area contributed by atoms with Gasteiger partial charge in [-0.15, -0.1) is 0 Å². The fourth-order valence-corrected chi connectivity index (χ4v) is 2.47. The molecule has 0 spiro atoms. The van der Waals surface area contributed by atoms with E-state index in [1.165, 1.54) is 6.07 Å². The summed E-state index contributed by atoms with van der Waals surface area (Å²) < 4.78 is 14.0. The highest BCUT2D eigenvalue weighted by atomic mass is 19.1. The Morgan fingerprint density at radius 1 is 1.35 bits per heavy atom. The van der Waals surface area contributed by atoms with Crippen LogP contribution in [0.15, 0.2) is 18.2 Å². The highest BCUT2D eigenvalue weighted by Gasteiger charge is 2.22. The van der Waals surface area contributed by atoms with Crippen molar-refractivity contribution in [2.75, 3.05) is 18.0 Å². The number of nitrogens with two attached hydrogens (primary N) is 1. The molecule has 1 heterocycles. The van der Waals surface area contributed by atoms with Gasteiger partial charge in [0.1, 0.15) is 5.82 Å². The van der Waals surface area contributed by atoms with Crippen molar-refractivity contribution in [3.63, 3.8) is 0 Å². The molecular weight excluding hydrogens is 215 g/mol. The summed E-state index contributed by atoms with van der Waals surface area (Å²) in [5.41, 5.74) is 7.56. The lowest BCUT2D eigenvalue weighted by atomic mass is 9.97. The molecule has 1 aromatic rings. The lowest BCUT2D eigenvalue weighted by Gasteiger charge is -2.34. The summed E-state index contributed by atoms with van der Waals surface area (Å²) in [5.74, 6) is 0.603. The predicted octanol–water partition coefficient (Wildman–Crippen LogP) is 3.08. The van der Waals surface area contributed by atoms with Crippen molar-refractivity contribution in [3.8, 4) is 0 Å². The lowest BCUT2D eigenvalue weighted by molar-refractivity contribution is 0.433. The van der Waals surface area contributed by atoms with Gasteiger partial charge in [0.15, 0.2) is 0 Å². The zero-order chi connectivity index (χ0) is 12.4. The van der Waals surface area contributed by atoms with Gasteiger partial charge in [0.2, 0.25) is 0 Å². The highest BCUT2D eigenvalue weighted by Crippen LogP contribution is 2.31. The molecule has 2 nitrogen and oxygen atoms in total. The third-order valence-corrected chi connectivity index (χ3v) is 3.61. The Morgan fingerprint density at radius 3 is 2.59 bits per heavy atom. The SMILES string of the molecule is CC1CCN(c2c(F)cccc2C(C)N)CC1. The second-order valence-electron chi connectivity index (χ2n) is 5.14. The summed E-state index contributed by atoms with van der Waals surface area (Å²) in [6, 6.07) is 5.07. The first-order valence-electron chi connectivity index (χ1n) is 6.38. The maximum absolute atomic E-state index is 14.0. The summed E-state index contributed by atoms with van der Waals surface area (Å²) in [6.07, 6.45) is 2.26. The largest absolute Gasteiger partial charge is 0.369 e. The number of hydrogen-bond acceptors (Lipinski definition) is 2. The number of nitrogens with zero attached hydrogens (tertiary/aromatic N) is 1. The van der Waals surface area contributed by atoms with Crippen LogP contribution in [0, 0.1) is 11.7 Å². The van der Waals surface area contributed by atoms with Crippen molar-refractivity contribution >= 4 is 5.69 Å². The average Bonchev–Trinajstić information content (AvgIpc) is 2.30. The van der Waals surface area contributed by atoms with Gasteiger partial charge in [-0.2, -0.15) is 0 Å². The zero-order valence-electron chi connectivity index (χ0n) is 10.6. The van der Waals surface area contributed by atoms with E-state index in [9.17, 15) is 4.39 Å². The van der Waals surface area contributed by atoms with Crippen molar-refractivity contribution in [2.24, 2.45) is 11.7 Å². The standard InChI is InChI=1S/C14H21FN2/c1-10-6-8-17(9-7-10)14-12(11(2)16)4-3-5-13(14)15/h3-5,10-11H,6-9,16H2,1-2H3. The second-order valence-corrected chi connectivity index (χ2v) is 5.14. The predicted molar refractivity (Wildman–Crippen MR) is 69.6 cm³/mol. The Kier molecular flexibility index (Phi) is 3.67.